The molecule has 1 N–H and O–H groups in total. The average molecular weight is 385 g/mol. The number of rotatable bonds is 4. The SMILES string of the molecule is Cc1cccc(C(F)(c2cccc(C)n2)c2cccc(-c3ccccc3O)n2)n1. The summed E-state index contributed by atoms with van der Waals surface area (Å²) in [6.07, 6.45) is 0. The van der Waals surface area contributed by atoms with Gasteiger partial charge in [-0.1, -0.05) is 30.3 Å². The lowest BCUT2D eigenvalue weighted by atomic mass is 9.91. The summed E-state index contributed by atoms with van der Waals surface area (Å²) in [7, 11) is 0. The highest BCUT2D eigenvalue weighted by atomic mass is 19.1. The topological polar surface area (TPSA) is 58.9 Å². The monoisotopic (exact) mass is 385 g/mol. The first kappa shape index (κ1) is 18.7. The second-order valence-corrected chi connectivity index (χ2v) is 6.91. The molecule has 0 fully saturated rings. The van der Waals surface area contributed by atoms with E-state index in [0.29, 0.717) is 22.6 Å². The summed E-state index contributed by atoms with van der Waals surface area (Å²) in [4.78, 5) is 13.5. The minimum absolute atomic E-state index is 0.0870. The number of benzene rings is 1. The Bertz CT molecular complexity index is 1130. The molecule has 0 saturated carbocycles. The third kappa shape index (κ3) is 3.47. The lowest BCUT2D eigenvalue weighted by molar-refractivity contribution is 0.258. The summed E-state index contributed by atoms with van der Waals surface area (Å²) >= 11 is 0. The van der Waals surface area contributed by atoms with Crippen LogP contribution in [-0.4, -0.2) is 20.1 Å². The number of aryl methyl sites for hydroxylation is 2. The Morgan fingerprint density at radius 2 is 1.17 bits per heavy atom. The number of halogens is 1. The summed E-state index contributed by atoms with van der Waals surface area (Å²) in [5.41, 5.74) is 0.875. The van der Waals surface area contributed by atoms with Gasteiger partial charge in [0.25, 0.3) is 0 Å². The molecule has 0 saturated heterocycles. The van der Waals surface area contributed by atoms with E-state index in [1.165, 1.54) is 0 Å². The minimum atomic E-state index is -2.14. The fourth-order valence-electron chi connectivity index (χ4n) is 3.33. The van der Waals surface area contributed by atoms with E-state index in [2.05, 4.69) is 15.0 Å². The van der Waals surface area contributed by atoms with Gasteiger partial charge < -0.3 is 5.11 Å². The van der Waals surface area contributed by atoms with Crippen molar-refractivity contribution in [3.05, 3.63) is 107 Å². The molecule has 4 nitrogen and oxygen atoms in total. The van der Waals surface area contributed by atoms with Gasteiger partial charge in [-0.05, 0) is 62.4 Å². The van der Waals surface area contributed by atoms with Crippen LogP contribution in [0.5, 0.6) is 5.75 Å². The number of phenols is 1. The van der Waals surface area contributed by atoms with Crippen LogP contribution in [0.15, 0.2) is 78.9 Å². The van der Waals surface area contributed by atoms with Crippen LogP contribution in [-0.2, 0) is 5.67 Å². The number of hydrogen-bond donors (Lipinski definition) is 1. The molecule has 0 aliphatic carbocycles. The smallest absolute Gasteiger partial charge is 0.236 e. The molecule has 0 bridgehead atoms. The van der Waals surface area contributed by atoms with Crippen LogP contribution in [0.3, 0.4) is 0 Å². The average Bonchev–Trinajstić information content (AvgIpc) is 2.73. The van der Waals surface area contributed by atoms with Gasteiger partial charge in [0.05, 0.1) is 22.8 Å². The van der Waals surface area contributed by atoms with Gasteiger partial charge in [-0.25, -0.2) is 9.37 Å². The number of nitrogens with zero attached hydrogens (tertiary/aromatic N) is 3. The molecule has 0 spiro atoms. The van der Waals surface area contributed by atoms with Gasteiger partial charge in [0, 0.05) is 17.0 Å². The van der Waals surface area contributed by atoms with Crippen molar-refractivity contribution in [3.8, 4) is 17.0 Å². The van der Waals surface area contributed by atoms with Crippen molar-refractivity contribution in [1.82, 2.24) is 15.0 Å². The number of pyridine rings is 3. The van der Waals surface area contributed by atoms with E-state index in [4.69, 9.17) is 0 Å². The summed E-state index contributed by atoms with van der Waals surface area (Å²) in [5.74, 6) is 0.0870. The summed E-state index contributed by atoms with van der Waals surface area (Å²) in [6, 6.07) is 22.4. The molecular formula is C24H20FN3O. The molecule has 0 amide bonds. The van der Waals surface area contributed by atoms with Crippen LogP contribution >= 0.6 is 0 Å². The van der Waals surface area contributed by atoms with Crippen molar-refractivity contribution in [2.45, 2.75) is 19.5 Å². The number of aromatic nitrogens is 3. The van der Waals surface area contributed by atoms with Crippen LogP contribution < -0.4 is 0 Å². The van der Waals surface area contributed by atoms with Crippen LogP contribution in [0, 0.1) is 13.8 Å². The van der Waals surface area contributed by atoms with E-state index in [1.807, 2.05) is 26.0 Å². The first-order valence-electron chi connectivity index (χ1n) is 9.31. The van der Waals surface area contributed by atoms with Crippen molar-refractivity contribution in [2.24, 2.45) is 0 Å². The highest BCUT2D eigenvalue weighted by Crippen LogP contribution is 2.39. The summed E-state index contributed by atoms with van der Waals surface area (Å²) in [6.45, 7) is 3.64. The van der Waals surface area contributed by atoms with Gasteiger partial charge in [-0.15, -0.1) is 0 Å². The first-order valence-corrected chi connectivity index (χ1v) is 9.31. The second-order valence-electron chi connectivity index (χ2n) is 6.91. The largest absolute Gasteiger partial charge is 0.507 e. The molecule has 29 heavy (non-hydrogen) atoms. The molecule has 4 rings (SSSR count). The fourth-order valence-corrected chi connectivity index (χ4v) is 3.33. The Morgan fingerprint density at radius 3 is 1.72 bits per heavy atom. The normalized spacial score (nSPS) is 11.4. The highest BCUT2D eigenvalue weighted by Gasteiger charge is 2.41. The number of hydrogen-bond acceptors (Lipinski definition) is 4. The van der Waals surface area contributed by atoms with Gasteiger partial charge in [0.1, 0.15) is 5.75 Å². The van der Waals surface area contributed by atoms with E-state index in [1.54, 1.807) is 66.7 Å². The van der Waals surface area contributed by atoms with Gasteiger partial charge in [-0.2, -0.15) is 0 Å². The van der Waals surface area contributed by atoms with E-state index in [-0.39, 0.29) is 22.8 Å². The minimum Gasteiger partial charge on any atom is -0.507 e. The molecule has 0 unspecified atom stereocenters. The van der Waals surface area contributed by atoms with Crippen LogP contribution in [0.25, 0.3) is 11.3 Å². The van der Waals surface area contributed by atoms with E-state index >= 15 is 4.39 Å². The summed E-state index contributed by atoms with van der Waals surface area (Å²) < 4.78 is 16.9. The van der Waals surface area contributed by atoms with Crippen LogP contribution in [0.1, 0.15) is 28.5 Å². The maximum Gasteiger partial charge on any atom is 0.236 e. The predicted octanol–water partition coefficient (Wildman–Crippen LogP) is 5.12. The molecule has 5 heteroatoms. The van der Waals surface area contributed by atoms with Crippen molar-refractivity contribution in [3.63, 3.8) is 0 Å². The molecule has 4 aromatic rings. The maximum atomic E-state index is 16.9. The first-order chi connectivity index (χ1) is 14.0. The maximum absolute atomic E-state index is 16.9. The molecule has 1 aromatic carbocycles. The number of phenolic OH excluding ortho intramolecular Hbond substituents is 1. The Morgan fingerprint density at radius 1 is 0.655 bits per heavy atom. The van der Waals surface area contributed by atoms with E-state index in [0.717, 1.165) is 0 Å². The Hall–Kier alpha value is -3.60. The van der Waals surface area contributed by atoms with E-state index in [9.17, 15) is 5.11 Å². The van der Waals surface area contributed by atoms with E-state index < -0.39 is 5.67 Å². The van der Waals surface area contributed by atoms with Gasteiger partial charge in [-0.3, -0.25) is 9.97 Å². The van der Waals surface area contributed by atoms with Crippen molar-refractivity contribution >= 4 is 0 Å². The zero-order valence-electron chi connectivity index (χ0n) is 16.2. The zero-order chi connectivity index (χ0) is 20.4. The molecular weight excluding hydrogens is 365 g/mol. The molecule has 0 aliphatic heterocycles. The van der Waals surface area contributed by atoms with Gasteiger partial charge in [0.15, 0.2) is 0 Å². The Labute approximate surface area is 168 Å². The highest BCUT2D eigenvalue weighted by molar-refractivity contribution is 5.66. The number of aromatic hydroxyl groups is 1. The lowest BCUT2D eigenvalue weighted by Gasteiger charge is -2.25. The lowest BCUT2D eigenvalue weighted by Crippen LogP contribution is -2.28. The quantitative estimate of drug-likeness (QED) is 0.530. The standard InChI is InChI=1S/C24H20FN3O/c1-16-8-5-13-21(26-16)24(25,22-14-6-9-17(2)27-22)23-15-7-11-19(28-23)18-10-3-4-12-20(18)29/h3-15,29H,1-2H3. The molecule has 0 atom stereocenters. The molecule has 0 radical (unpaired) electrons. The number of para-hydroxylation sites is 1. The molecule has 3 aromatic heterocycles. The van der Waals surface area contributed by atoms with Crippen molar-refractivity contribution in [1.29, 1.82) is 0 Å². The fraction of sp³-hybridized carbons (Fsp3) is 0.125. The molecule has 144 valence electrons. The van der Waals surface area contributed by atoms with Crippen LogP contribution in [0.4, 0.5) is 4.39 Å². The van der Waals surface area contributed by atoms with Crippen LogP contribution in [0.2, 0.25) is 0 Å². The predicted molar refractivity (Wildman–Crippen MR) is 110 cm³/mol. The van der Waals surface area contributed by atoms with Gasteiger partial charge in [0.2, 0.25) is 5.67 Å². The third-order valence-corrected chi connectivity index (χ3v) is 4.76. The Balaban J connectivity index is 1.96. The molecule has 0 aliphatic rings. The van der Waals surface area contributed by atoms with Crippen molar-refractivity contribution in [2.75, 3.05) is 0 Å². The summed E-state index contributed by atoms with van der Waals surface area (Å²) in [5, 5.41) is 10.2. The second kappa shape index (κ2) is 7.43. The number of alkyl halides is 1. The van der Waals surface area contributed by atoms with Crippen molar-refractivity contribution < 1.29 is 9.50 Å². The molecule has 3 heterocycles. The zero-order valence-corrected chi connectivity index (χ0v) is 16.2. The third-order valence-electron chi connectivity index (χ3n) is 4.76. The Kier molecular flexibility index (Phi) is 4.80. The van der Waals surface area contributed by atoms with Gasteiger partial charge >= 0.3 is 0 Å².